The van der Waals surface area contributed by atoms with E-state index in [1.165, 1.54) is 0 Å². The van der Waals surface area contributed by atoms with Crippen LogP contribution in [0.5, 0.6) is 11.5 Å². The summed E-state index contributed by atoms with van der Waals surface area (Å²) < 4.78 is 11.8. The van der Waals surface area contributed by atoms with Crippen molar-refractivity contribution in [3.05, 3.63) is 101 Å². The molecule has 0 fully saturated rings. The summed E-state index contributed by atoms with van der Waals surface area (Å²) in [5, 5.41) is 12.4. The second kappa shape index (κ2) is 8.75. The molecule has 1 unspecified atom stereocenters. The zero-order valence-corrected chi connectivity index (χ0v) is 22.4. The third kappa shape index (κ3) is 3.99. The molecule has 0 radical (unpaired) electrons. The fourth-order valence-corrected chi connectivity index (χ4v) is 5.62. The molecule has 0 saturated carbocycles. The first-order valence-corrected chi connectivity index (χ1v) is 14.9. The summed E-state index contributed by atoms with van der Waals surface area (Å²) in [6, 6.07) is 24.3. The molecular formula is C30H36O3Si. The van der Waals surface area contributed by atoms with Crippen LogP contribution in [-0.4, -0.2) is 20.5 Å². The zero-order valence-electron chi connectivity index (χ0n) is 21.4. The highest BCUT2D eigenvalue weighted by molar-refractivity contribution is 6.74. The quantitative estimate of drug-likeness (QED) is 0.377. The van der Waals surface area contributed by atoms with Crippen LogP contribution in [0.1, 0.15) is 56.4 Å². The highest BCUT2D eigenvalue weighted by atomic mass is 28.4. The Bertz CT molecular complexity index is 1200. The molecule has 1 N–H and O–H groups in total. The maximum Gasteiger partial charge on any atom is 0.250 e. The van der Waals surface area contributed by atoms with Crippen LogP contribution in [-0.2, 0) is 5.60 Å². The van der Waals surface area contributed by atoms with Crippen molar-refractivity contribution < 1.29 is 14.3 Å². The van der Waals surface area contributed by atoms with Gasteiger partial charge >= 0.3 is 0 Å². The van der Waals surface area contributed by atoms with Gasteiger partial charge in [0.2, 0.25) is 8.32 Å². The van der Waals surface area contributed by atoms with Crippen LogP contribution in [0.25, 0.3) is 5.57 Å². The Morgan fingerprint density at radius 2 is 1.44 bits per heavy atom. The minimum atomic E-state index is -1.91. The van der Waals surface area contributed by atoms with E-state index in [0.29, 0.717) is 0 Å². The predicted molar refractivity (Wildman–Crippen MR) is 143 cm³/mol. The van der Waals surface area contributed by atoms with E-state index in [1.807, 2.05) is 42.5 Å². The Balaban J connectivity index is 1.81. The number of fused-ring (bicyclic) bond motifs is 1. The van der Waals surface area contributed by atoms with Gasteiger partial charge in [-0.3, -0.25) is 0 Å². The van der Waals surface area contributed by atoms with Gasteiger partial charge in [-0.1, -0.05) is 76.2 Å². The molecule has 0 bridgehead atoms. The molecule has 1 aliphatic rings. The first-order valence-electron chi connectivity index (χ1n) is 12.0. The Morgan fingerprint density at radius 1 is 0.853 bits per heavy atom. The molecule has 0 aliphatic heterocycles. The lowest BCUT2D eigenvalue weighted by atomic mass is 9.82. The number of ether oxygens (including phenoxy) is 1. The molecule has 3 aromatic rings. The molecule has 34 heavy (non-hydrogen) atoms. The van der Waals surface area contributed by atoms with E-state index in [-0.39, 0.29) is 5.04 Å². The molecule has 4 rings (SSSR count). The van der Waals surface area contributed by atoms with E-state index < -0.39 is 13.9 Å². The summed E-state index contributed by atoms with van der Waals surface area (Å²) in [6.45, 7) is 13.4. The lowest BCUT2D eigenvalue weighted by molar-refractivity contribution is 0.122. The van der Waals surface area contributed by atoms with Gasteiger partial charge in [-0.2, -0.15) is 0 Å². The average molecular weight is 473 g/mol. The van der Waals surface area contributed by atoms with Gasteiger partial charge < -0.3 is 14.3 Å². The number of aliphatic hydroxyl groups is 1. The van der Waals surface area contributed by atoms with E-state index in [2.05, 4.69) is 71.1 Å². The van der Waals surface area contributed by atoms with Gasteiger partial charge in [-0.25, -0.2) is 0 Å². The number of methoxy groups -OCH3 is 1. The fourth-order valence-electron chi connectivity index (χ4n) is 4.58. The van der Waals surface area contributed by atoms with Gasteiger partial charge in [-0.15, -0.1) is 0 Å². The third-order valence-electron chi connectivity index (χ3n) is 7.51. The maximum atomic E-state index is 12.2. The van der Waals surface area contributed by atoms with Gasteiger partial charge in [0, 0.05) is 5.56 Å². The van der Waals surface area contributed by atoms with Gasteiger partial charge in [0.25, 0.3) is 0 Å². The summed E-state index contributed by atoms with van der Waals surface area (Å²) in [6.07, 6.45) is 0.731. The smallest absolute Gasteiger partial charge is 0.250 e. The van der Waals surface area contributed by atoms with Gasteiger partial charge in [-0.05, 0) is 76.7 Å². The Kier molecular flexibility index (Phi) is 6.26. The van der Waals surface area contributed by atoms with Crippen molar-refractivity contribution in [1.82, 2.24) is 0 Å². The Morgan fingerprint density at radius 3 is 2.00 bits per heavy atom. The third-order valence-corrected chi connectivity index (χ3v) is 11.9. The van der Waals surface area contributed by atoms with Crippen LogP contribution in [0.3, 0.4) is 0 Å². The predicted octanol–water partition coefficient (Wildman–Crippen LogP) is 7.54. The molecule has 1 aliphatic carbocycles. The number of hydrogen-bond acceptors (Lipinski definition) is 3. The van der Waals surface area contributed by atoms with Crippen molar-refractivity contribution in [3.8, 4) is 11.5 Å². The lowest BCUT2D eigenvalue weighted by Crippen LogP contribution is -2.43. The Hall–Kier alpha value is -2.82. The van der Waals surface area contributed by atoms with Crippen molar-refractivity contribution in [2.45, 2.75) is 57.8 Å². The second-order valence-electron chi connectivity index (χ2n) is 10.6. The zero-order chi connectivity index (χ0) is 24.7. The summed E-state index contributed by atoms with van der Waals surface area (Å²) in [4.78, 5) is 0. The summed E-state index contributed by atoms with van der Waals surface area (Å²) in [5.41, 5.74) is 4.89. The minimum absolute atomic E-state index is 0.142. The van der Waals surface area contributed by atoms with Crippen molar-refractivity contribution in [2.24, 2.45) is 0 Å². The maximum absolute atomic E-state index is 12.2. The molecule has 3 aromatic carbocycles. The molecule has 178 valence electrons. The van der Waals surface area contributed by atoms with Gasteiger partial charge in [0.05, 0.1) is 7.11 Å². The summed E-state index contributed by atoms with van der Waals surface area (Å²) in [7, 11) is -0.255. The number of rotatable bonds is 6. The van der Waals surface area contributed by atoms with Crippen molar-refractivity contribution in [2.75, 3.05) is 7.11 Å². The topological polar surface area (TPSA) is 38.7 Å². The van der Waals surface area contributed by atoms with Crippen molar-refractivity contribution in [1.29, 1.82) is 0 Å². The van der Waals surface area contributed by atoms with E-state index in [9.17, 15) is 5.11 Å². The first kappa shape index (κ1) is 24.3. The largest absolute Gasteiger partial charge is 0.544 e. The minimum Gasteiger partial charge on any atom is -0.544 e. The molecule has 0 heterocycles. The van der Waals surface area contributed by atoms with Crippen LogP contribution < -0.4 is 9.16 Å². The molecule has 0 saturated heterocycles. The van der Waals surface area contributed by atoms with Gasteiger partial charge in [0.1, 0.15) is 17.1 Å². The molecule has 0 amide bonds. The van der Waals surface area contributed by atoms with Crippen LogP contribution in [0.4, 0.5) is 0 Å². The highest BCUT2D eigenvalue weighted by Crippen LogP contribution is 2.52. The Labute approximate surface area is 205 Å². The molecule has 0 spiro atoms. The second-order valence-corrected chi connectivity index (χ2v) is 15.3. The molecule has 4 heteroatoms. The summed E-state index contributed by atoms with van der Waals surface area (Å²) in [5.74, 6) is 1.68. The van der Waals surface area contributed by atoms with Crippen LogP contribution >= 0.6 is 0 Å². The SMILES string of the molecule is CCC1=C(c2ccc(O[Si](C)(C)C(C)(C)C)cc2)c2ccccc2C1(O)c1ccc(OC)cc1. The summed E-state index contributed by atoms with van der Waals surface area (Å²) >= 11 is 0. The number of benzene rings is 3. The van der Waals surface area contributed by atoms with E-state index in [4.69, 9.17) is 9.16 Å². The number of hydrogen-bond donors (Lipinski definition) is 1. The van der Waals surface area contributed by atoms with Gasteiger partial charge in [0.15, 0.2) is 0 Å². The fraction of sp³-hybridized carbons (Fsp3) is 0.333. The van der Waals surface area contributed by atoms with Crippen molar-refractivity contribution >= 4 is 13.9 Å². The monoisotopic (exact) mass is 472 g/mol. The molecule has 1 atom stereocenters. The molecular weight excluding hydrogens is 436 g/mol. The van der Waals surface area contributed by atoms with E-state index in [1.54, 1.807) is 7.11 Å². The molecule has 3 nitrogen and oxygen atoms in total. The van der Waals surface area contributed by atoms with Crippen molar-refractivity contribution in [3.63, 3.8) is 0 Å². The van der Waals surface area contributed by atoms with Crippen LogP contribution in [0.15, 0.2) is 78.4 Å². The van der Waals surface area contributed by atoms with E-state index >= 15 is 0 Å². The standard InChI is InChI=1S/C30H36O3Si/c1-8-26-28(21-13-17-24(18-14-21)33-34(6,7)29(2,3)4)25-11-9-10-12-27(25)30(26,31)22-15-19-23(32-5)20-16-22/h9-20,31H,8H2,1-7H3. The lowest BCUT2D eigenvalue weighted by Gasteiger charge is -2.36. The van der Waals surface area contributed by atoms with E-state index in [0.717, 1.165) is 51.3 Å². The normalized spacial score (nSPS) is 18.1. The highest BCUT2D eigenvalue weighted by Gasteiger charge is 2.44. The average Bonchev–Trinajstić information content (AvgIpc) is 3.08. The van der Waals surface area contributed by atoms with Crippen LogP contribution in [0, 0.1) is 0 Å². The first-order chi connectivity index (χ1) is 16.0. The van der Waals surface area contributed by atoms with Crippen LogP contribution in [0.2, 0.25) is 18.1 Å². The molecule has 0 aromatic heterocycles.